The fourth-order valence-corrected chi connectivity index (χ4v) is 1.07. The summed E-state index contributed by atoms with van der Waals surface area (Å²) >= 11 is 0. The van der Waals surface area contributed by atoms with Gasteiger partial charge in [0.25, 0.3) is 5.69 Å². The molecule has 1 aromatic carbocycles. The molecule has 0 heterocycles. The molecule has 0 saturated heterocycles. The van der Waals surface area contributed by atoms with Gasteiger partial charge in [0.05, 0.1) is 10.5 Å². The van der Waals surface area contributed by atoms with Gasteiger partial charge in [0.15, 0.2) is 0 Å². The zero-order valence-electron chi connectivity index (χ0n) is 9.69. The number of nitro groups is 1. The standard InChI is InChI=1S/C11H16N2O3/c1-11(2,3)16-12-8-9-4-6-10(7-5-9)13(14)15/h4-7,12H,8H2,1-3H3. The van der Waals surface area contributed by atoms with Crippen molar-refractivity contribution in [2.45, 2.75) is 32.9 Å². The number of hydroxylamine groups is 1. The predicted molar refractivity (Wildman–Crippen MR) is 60.8 cm³/mol. The Bertz CT molecular complexity index is 354. The first-order valence-electron chi connectivity index (χ1n) is 5.03. The molecular formula is C11H16N2O3. The monoisotopic (exact) mass is 224 g/mol. The van der Waals surface area contributed by atoms with Crippen molar-refractivity contribution in [1.82, 2.24) is 5.48 Å². The average molecular weight is 224 g/mol. The van der Waals surface area contributed by atoms with Gasteiger partial charge in [0.1, 0.15) is 0 Å². The zero-order chi connectivity index (χ0) is 12.2. The fraction of sp³-hybridized carbons (Fsp3) is 0.455. The van der Waals surface area contributed by atoms with Crippen molar-refractivity contribution in [3.05, 3.63) is 39.9 Å². The van der Waals surface area contributed by atoms with E-state index in [0.29, 0.717) is 6.54 Å². The quantitative estimate of drug-likeness (QED) is 0.630. The Kier molecular flexibility index (Phi) is 3.98. The smallest absolute Gasteiger partial charge is 0.269 e. The highest BCUT2D eigenvalue weighted by Crippen LogP contribution is 2.12. The Morgan fingerprint density at radius 3 is 2.31 bits per heavy atom. The number of non-ortho nitro benzene ring substituents is 1. The summed E-state index contributed by atoms with van der Waals surface area (Å²) in [6.45, 7) is 6.34. The van der Waals surface area contributed by atoms with Crippen LogP contribution in [-0.2, 0) is 11.4 Å². The third-order valence-corrected chi connectivity index (χ3v) is 1.80. The lowest BCUT2D eigenvalue weighted by Gasteiger charge is -2.19. The first-order chi connectivity index (χ1) is 7.38. The van der Waals surface area contributed by atoms with Crippen molar-refractivity contribution in [3.63, 3.8) is 0 Å². The van der Waals surface area contributed by atoms with Gasteiger partial charge in [-0.15, -0.1) is 0 Å². The number of nitrogens with zero attached hydrogens (tertiary/aromatic N) is 1. The molecule has 0 aliphatic rings. The van der Waals surface area contributed by atoms with Crippen molar-refractivity contribution in [3.8, 4) is 0 Å². The lowest BCUT2D eigenvalue weighted by Crippen LogP contribution is -2.28. The molecule has 1 aromatic rings. The molecular weight excluding hydrogens is 208 g/mol. The maximum absolute atomic E-state index is 10.4. The summed E-state index contributed by atoms with van der Waals surface area (Å²) in [5.41, 5.74) is 3.61. The third-order valence-electron chi connectivity index (χ3n) is 1.80. The van der Waals surface area contributed by atoms with Crippen LogP contribution < -0.4 is 5.48 Å². The summed E-state index contributed by atoms with van der Waals surface area (Å²) in [5, 5.41) is 10.4. The minimum Gasteiger partial charge on any atom is -0.296 e. The van der Waals surface area contributed by atoms with E-state index < -0.39 is 4.92 Å². The van der Waals surface area contributed by atoms with Gasteiger partial charge in [-0.25, -0.2) is 0 Å². The van der Waals surface area contributed by atoms with E-state index in [1.165, 1.54) is 12.1 Å². The molecule has 1 rings (SSSR count). The van der Waals surface area contributed by atoms with Crippen molar-refractivity contribution < 1.29 is 9.76 Å². The van der Waals surface area contributed by atoms with Crippen molar-refractivity contribution in [1.29, 1.82) is 0 Å². The van der Waals surface area contributed by atoms with Crippen molar-refractivity contribution in [2.75, 3.05) is 0 Å². The zero-order valence-corrected chi connectivity index (χ0v) is 9.69. The minimum atomic E-state index is -0.414. The second-order valence-corrected chi connectivity index (χ2v) is 4.46. The van der Waals surface area contributed by atoms with E-state index in [1.807, 2.05) is 20.8 Å². The SMILES string of the molecule is CC(C)(C)ONCc1ccc([N+](=O)[O-])cc1. The average Bonchev–Trinajstić information content (AvgIpc) is 2.16. The van der Waals surface area contributed by atoms with E-state index in [1.54, 1.807) is 12.1 Å². The van der Waals surface area contributed by atoms with Crippen LogP contribution in [0.3, 0.4) is 0 Å². The predicted octanol–water partition coefficient (Wildman–Crippen LogP) is 2.41. The van der Waals surface area contributed by atoms with E-state index in [9.17, 15) is 10.1 Å². The highest BCUT2D eigenvalue weighted by molar-refractivity contribution is 5.32. The summed E-state index contributed by atoms with van der Waals surface area (Å²) in [7, 11) is 0. The fourth-order valence-electron chi connectivity index (χ4n) is 1.07. The van der Waals surface area contributed by atoms with Crippen LogP contribution in [-0.4, -0.2) is 10.5 Å². The molecule has 0 aliphatic heterocycles. The van der Waals surface area contributed by atoms with Gasteiger partial charge in [-0.3, -0.25) is 15.0 Å². The van der Waals surface area contributed by atoms with Gasteiger partial charge >= 0.3 is 0 Å². The Balaban J connectivity index is 2.47. The summed E-state index contributed by atoms with van der Waals surface area (Å²) < 4.78 is 0. The number of hydrogen-bond donors (Lipinski definition) is 1. The molecule has 0 fully saturated rings. The molecule has 0 atom stereocenters. The van der Waals surface area contributed by atoms with Crippen LogP contribution in [0, 0.1) is 10.1 Å². The molecule has 5 heteroatoms. The van der Waals surface area contributed by atoms with E-state index in [4.69, 9.17) is 4.84 Å². The van der Waals surface area contributed by atoms with Crippen LogP contribution in [0.2, 0.25) is 0 Å². The van der Waals surface area contributed by atoms with E-state index >= 15 is 0 Å². The Morgan fingerprint density at radius 1 is 1.31 bits per heavy atom. The molecule has 0 aromatic heterocycles. The second-order valence-electron chi connectivity index (χ2n) is 4.46. The van der Waals surface area contributed by atoms with Crippen molar-refractivity contribution in [2.24, 2.45) is 0 Å². The number of hydrogen-bond acceptors (Lipinski definition) is 4. The van der Waals surface area contributed by atoms with Gasteiger partial charge in [-0.05, 0) is 26.3 Å². The van der Waals surface area contributed by atoms with Crippen LogP contribution in [0.15, 0.2) is 24.3 Å². The third kappa shape index (κ3) is 4.37. The Labute approximate surface area is 94.5 Å². The highest BCUT2D eigenvalue weighted by atomic mass is 16.7. The summed E-state index contributed by atoms with van der Waals surface area (Å²) in [4.78, 5) is 15.3. The van der Waals surface area contributed by atoms with Crippen LogP contribution in [0.5, 0.6) is 0 Å². The van der Waals surface area contributed by atoms with E-state index in [0.717, 1.165) is 5.56 Å². The largest absolute Gasteiger partial charge is 0.296 e. The second kappa shape index (κ2) is 5.05. The molecule has 16 heavy (non-hydrogen) atoms. The first kappa shape index (κ1) is 12.6. The molecule has 0 amide bonds. The van der Waals surface area contributed by atoms with Crippen LogP contribution in [0.25, 0.3) is 0 Å². The van der Waals surface area contributed by atoms with Crippen molar-refractivity contribution >= 4 is 5.69 Å². The summed E-state index contributed by atoms with van der Waals surface area (Å²) in [6, 6.07) is 6.37. The van der Waals surface area contributed by atoms with Gasteiger partial charge < -0.3 is 0 Å². The Morgan fingerprint density at radius 2 is 1.88 bits per heavy atom. The van der Waals surface area contributed by atoms with Gasteiger partial charge in [0.2, 0.25) is 0 Å². The molecule has 0 aliphatic carbocycles. The lowest BCUT2D eigenvalue weighted by atomic mass is 10.2. The summed E-state index contributed by atoms with van der Waals surface area (Å²) in [6.07, 6.45) is 0. The van der Waals surface area contributed by atoms with Gasteiger partial charge in [0, 0.05) is 18.7 Å². The van der Waals surface area contributed by atoms with Crippen LogP contribution >= 0.6 is 0 Å². The molecule has 0 saturated carbocycles. The molecule has 0 unspecified atom stereocenters. The minimum absolute atomic E-state index is 0.0977. The normalized spacial score (nSPS) is 11.4. The van der Waals surface area contributed by atoms with Gasteiger partial charge in [-0.1, -0.05) is 12.1 Å². The molecule has 1 N–H and O–H groups in total. The van der Waals surface area contributed by atoms with Crippen LogP contribution in [0.1, 0.15) is 26.3 Å². The summed E-state index contributed by atoms with van der Waals surface area (Å²) in [5.74, 6) is 0. The van der Waals surface area contributed by atoms with E-state index in [-0.39, 0.29) is 11.3 Å². The number of nitro benzene ring substituents is 1. The first-order valence-corrected chi connectivity index (χ1v) is 5.03. The van der Waals surface area contributed by atoms with E-state index in [2.05, 4.69) is 5.48 Å². The molecule has 0 bridgehead atoms. The number of benzene rings is 1. The lowest BCUT2D eigenvalue weighted by molar-refractivity contribution is -0.384. The Hall–Kier alpha value is -1.46. The van der Waals surface area contributed by atoms with Crippen LogP contribution in [0.4, 0.5) is 5.69 Å². The molecule has 0 spiro atoms. The molecule has 0 radical (unpaired) electrons. The number of nitrogens with one attached hydrogen (secondary N) is 1. The van der Waals surface area contributed by atoms with Gasteiger partial charge in [-0.2, -0.15) is 5.48 Å². The topological polar surface area (TPSA) is 64.4 Å². The molecule has 5 nitrogen and oxygen atoms in total. The number of rotatable bonds is 4. The maximum atomic E-state index is 10.4. The molecule has 88 valence electrons. The highest BCUT2D eigenvalue weighted by Gasteiger charge is 2.10. The maximum Gasteiger partial charge on any atom is 0.269 e.